The van der Waals surface area contributed by atoms with Gasteiger partial charge in [0.1, 0.15) is 0 Å². The van der Waals surface area contributed by atoms with Crippen LogP contribution in [0.5, 0.6) is 0 Å². The van der Waals surface area contributed by atoms with Crippen molar-refractivity contribution in [2.75, 3.05) is 31.5 Å². The van der Waals surface area contributed by atoms with E-state index < -0.39 is 5.97 Å². The number of hydrogen-bond acceptors (Lipinski definition) is 6. The Morgan fingerprint density at radius 2 is 2.04 bits per heavy atom. The molecule has 0 radical (unpaired) electrons. The summed E-state index contributed by atoms with van der Waals surface area (Å²) >= 11 is 1.50. The Morgan fingerprint density at radius 3 is 2.52 bits per heavy atom. The van der Waals surface area contributed by atoms with E-state index in [-0.39, 0.29) is 24.5 Å². The molecule has 25 heavy (non-hydrogen) atoms. The van der Waals surface area contributed by atoms with Crippen LogP contribution >= 0.6 is 11.3 Å². The molecule has 1 aliphatic rings. The first-order valence-corrected chi connectivity index (χ1v) is 9.58. The van der Waals surface area contributed by atoms with Gasteiger partial charge in [0.05, 0.1) is 18.3 Å². The molecule has 1 fully saturated rings. The van der Waals surface area contributed by atoms with Gasteiger partial charge in [0.2, 0.25) is 5.91 Å². The van der Waals surface area contributed by atoms with E-state index in [9.17, 15) is 9.59 Å². The lowest BCUT2D eigenvalue weighted by Crippen LogP contribution is -2.51. The molecule has 140 valence electrons. The molecular formula is C17H28N4O3S. The molecule has 0 aliphatic carbocycles. The van der Waals surface area contributed by atoms with Crippen LogP contribution in [0.3, 0.4) is 0 Å². The highest BCUT2D eigenvalue weighted by atomic mass is 32.1. The van der Waals surface area contributed by atoms with Crippen molar-refractivity contribution in [3.05, 3.63) is 10.6 Å². The fraction of sp³-hybridized carbons (Fsp3) is 0.706. The van der Waals surface area contributed by atoms with Gasteiger partial charge in [0.15, 0.2) is 5.13 Å². The lowest BCUT2D eigenvalue weighted by Gasteiger charge is -2.39. The smallest absolute Gasteiger partial charge is 0.317 e. The molecule has 0 bridgehead atoms. The number of amides is 1. The fourth-order valence-corrected chi connectivity index (χ4v) is 4.03. The normalized spacial score (nSPS) is 17.6. The summed E-state index contributed by atoms with van der Waals surface area (Å²) in [5.41, 5.74) is 0.951. The maximum Gasteiger partial charge on any atom is 0.317 e. The molecule has 7 nitrogen and oxygen atoms in total. The molecule has 2 N–H and O–H groups in total. The number of nitrogens with one attached hydrogen (secondary N) is 1. The summed E-state index contributed by atoms with van der Waals surface area (Å²) in [6.07, 6.45) is 1.77. The first-order chi connectivity index (χ1) is 11.8. The Morgan fingerprint density at radius 1 is 1.40 bits per heavy atom. The monoisotopic (exact) mass is 368 g/mol. The van der Waals surface area contributed by atoms with Crippen molar-refractivity contribution >= 4 is 28.3 Å². The zero-order valence-electron chi connectivity index (χ0n) is 15.4. The summed E-state index contributed by atoms with van der Waals surface area (Å²) in [6, 6.07) is 0.0527. The number of aryl methyl sites for hydroxylation is 2. The maximum atomic E-state index is 12.5. The number of anilines is 1. The highest BCUT2D eigenvalue weighted by Crippen LogP contribution is 2.22. The molecular weight excluding hydrogens is 340 g/mol. The first-order valence-electron chi connectivity index (χ1n) is 8.76. The third-order valence-corrected chi connectivity index (χ3v) is 5.93. The third kappa shape index (κ3) is 5.23. The van der Waals surface area contributed by atoms with Crippen molar-refractivity contribution in [2.24, 2.45) is 0 Å². The van der Waals surface area contributed by atoms with Crippen molar-refractivity contribution in [1.82, 2.24) is 14.8 Å². The molecule has 1 aromatic heterocycles. The number of thiazole rings is 1. The Labute approximate surface area is 153 Å². The number of aromatic nitrogens is 1. The van der Waals surface area contributed by atoms with Crippen LogP contribution < -0.4 is 5.32 Å². The van der Waals surface area contributed by atoms with Gasteiger partial charge in [0.25, 0.3) is 0 Å². The van der Waals surface area contributed by atoms with Crippen LogP contribution in [0.2, 0.25) is 0 Å². The van der Waals surface area contributed by atoms with Crippen LogP contribution in [0.25, 0.3) is 0 Å². The quantitative estimate of drug-likeness (QED) is 0.765. The number of nitrogens with zero attached hydrogens (tertiary/aromatic N) is 3. The SMILES string of the molecule is CCN(CC(=O)O)C1CCN(C(C)C(=O)Nc2nc(C)c(C)s2)CC1. The standard InChI is InChI=1S/C17H28N4O3S/c1-5-20(10-15(22)23)14-6-8-21(9-7-14)12(3)16(24)19-17-18-11(2)13(4)25-17/h12,14H,5-10H2,1-4H3,(H,22,23)(H,18,19,24). The van der Waals surface area contributed by atoms with Crippen LogP contribution in [-0.4, -0.2) is 70.0 Å². The van der Waals surface area contributed by atoms with Crippen molar-refractivity contribution in [1.29, 1.82) is 0 Å². The van der Waals surface area contributed by atoms with Gasteiger partial charge in [-0.2, -0.15) is 0 Å². The molecule has 1 aromatic rings. The molecule has 1 aliphatic heterocycles. The van der Waals surface area contributed by atoms with Crippen LogP contribution in [0.4, 0.5) is 5.13 Å². The maximum absolute atomic E-state index is 12.5. The van der Waals surface area contributed by atoms with E-state index in [0.717, 1.165) is 43.0 Å². The minimum absolute atomic E-state index is 0.0370. The predicted molar refractivity (Wildman–Crippen MR) is 99.2 cm³/mol. The fourth-order valence-electron chi connectivity index (χ4n) is 3.21. The number of rotatable bonds is 7. The van der Waals surface area contributed by atoms with Crippen molar-refractivity contribution in [3.63, 3.8) is 0 Å². The third-order valence-electron chi connectivity index (χ3n) is 4.95. The van der Waals surface area contributed by atoms with Crippen molar-refractivity contribution in [2.45, 2.75) is 52.6 Å². The van der Waals surface area contributed by atoms with Crippen LogP contribution in [0, 0.1) is 13.8 Å². The van der Waals surface area contributed by atoms with Gasteiger partial charge in [0, 0.05) is 24.0 Å². The van der Waals surface area contributed by atoms with Crippen LogP contribution in [-0.2, 0) is 9.59 Å². The molecule has 1 saturated heterocycles. The van der Waals surface area contributed by atoms with Crippen molar-refractivity contribution < 1.29 is 14.7 Å². The van der Waals surface area contributed by atoms with Crippen LogP contribution in [0.15, 0.2) is 0 Å². The molecule has 8 heteroatoms. The second-order valence-corrected chi connectivity index (χ2v) is 7.75. The molecule has 0 aromatic carbocycles. The number of carboxylic acid groups (broad SMARTS) is 1. The highest BCUT2D eigenvalue weighted by Gasteiger charge is 2.29. The van der Waals surface area contributed by atoms with E-state index in [4.69, 9.17) is 5.11 Å². The highest BCUT2D eigenvalue weighted by molar-refractivity contribution is 7.15. The van der Waals surface area contributed by atoms with Crippen LogP contribution in [0.1, 0.15) is 37.3 Å². The van der Waals surface area contributed by atoms with Crippen molar-refractivity contribution in [3.8, 4) is 0 Å². The summed E-state index contributed by atoms with van der Waals surface area (Å²) in [5, 5.41) is 12.6. The zero-order valence-corrected chi connectivity index (χ0v) is 16.2. The largest absolute Gasteiger partial charge is 0.480 e. The number of hydrogen-bond donors (Lipinski definition) is 2. The van der Waals surface area contributed by atoms with Gasteiger partial charge in [-0.05, 0) is 40.2 Å². The number of piperidine rings is 1. The van der Waals surface area contributed by atoms with Gasteiger partial charge < -0.3 is 10.4 Å². The Bertz CT molecular complexity index is 592. The molecule has 0 spiro atoms. The summed E-state index contributed by atoms with van der Waals surface area (Å²) in [4.78, 5) is 33.1. The first kappa shape index (κ1) is 19.8. The van der Waals surface area contributed by atoms with E-state index in [1.165, 1.54) is 11.3 Å². The molecule has 1 amide bonds. The second-order valence-electron chi connectivity index (χ2n) is 6.55. The number of likely N-dealkylation sites (N-methyl/N-ethyl adjacent to an activating group) is 1. The average Bonchev–Trinajstić information content (AvgIpc) is 2.89. The minimum Gasteiger partial charge on any atom is -0.480 e. The summed E-state index contributed by atoms with van der Waals surface area (Å²) < 4.78 is 0. The molecule has 1 atom stereocenters. The van der Waals surface area contributed by atoms with E-state index in [1.54, 1.807) is 0 Å². The Hall–Kier alpha value is -1.51. The van der Waals surface area contributed by atoms with Gasteiger partial charge in [-0.1, -0.05) is 6.92 Å². The Kier molecular flexibility index (Phi) is 6.92. The zero-order chi connectivity index (χ0) is 18.6. The van der Waals surface area contributed by atoms with Gasteiger partial charge in [-0.25, -0.2) is 4.98 Å². The average molecular weight is 369 g/mol. The lowest BCUT2D eigenvalue weighted by molar-refractivity contribution is -0.139. The molecule has 1 unspecified atom stereocenters. The second kappa shape index (κ2) is 8.73. The number of likely N-dealkylation sites (tertiary alicyclic amines) is 1. The Balaban J connectivity index is 1.86. The number of carboxylic acids is 1. The van der Waals surface area contributed by atoms with Gasteiger partial charge in [-0.3, -0.25) is 19.4 Å². The summed E-state index contributed by atoms with van der Waals surface area (Å²) in [7, 11) is 0. The van der Waals surface area contributed by atoms with E-state index in [1.807, 2.05) is 32.6 Å². The predicted octanol–water partition coefficient (Wildman–Crippen LogP) is 1.96. The number of carbonyl (C=O) groups excluding carboxylic acids is 1. The lowest BCUT2D eigenvalue weighted by atomic mass is 10.0. The molecule has 2 rings (SSSR count). The molecule has 0 saturated carbocycles. The van der Waals surface area contributed by atoms with E-state index in [0.29, 0.717) is 5.13 Å². The summed E-state index contributed by atoms with van der Waals surface area (Å²) in [6.45, 7) is 10.2. The number of carbonyl (C=O) groups is 2. The van der Waals surface area contributed by atoms with E-state index in [2.05, 4.69) is 15.2 Å². The minimum atomic E-state index is -0.786. The van der Waals surface area contributed by atoms with Gasteiger partial charge >= 0.3 is 5.97 Å². The topological polar surface area (TPSA) is 85.8 Å². The molecule has 2 heterocycles. The van der Waals surface area contributed by atoms with Gasteiger partial charge in [-0.15, -0.1) is 11.3 Å². The van der Waals surface area contributed by atoms with E-state index >= 15 is 0 Å². The number of aliphatic carboxylic acids is 1. The summed E-state index contributed by atoms with van der Waals surface area (Å²) in [5.74, 6) is -0.823.